The van der Waals surface area contributed by atoms with Gasteiger partial charge in [0.15, 0.2) is 0 Å². The van der Waals surface area contributed by atoms with Crippen molar-refractivity contribution in [1.82, 2.24) is 4.98 Å². The van der Waals surface area contributed by atoms with Gasteiger partial charge in [0.05, 0.1) is 5.52 Å². The van der Waals surface area contributed by atoms with Crippen LogP contribution in [0.25, 0.3) is 77.1 Å². The number of furan rings is 1. The summed E-state index contributed by atoms with van der Waals surface area (Å²) in [5.74, 6) is 0. The topological polar surface area (TPSA) is 28.9 Å². The zero-order valence-corrected chi connectivity index (χ0v) is 20.6. The highest BCUT2D eigenvalue weighted by Crippen LogP contribution is 2.42. The Morgan fingerprint density at radius 1 is 0.421 bits per heavy atom. The van der Waals surface area contributed by atoms with E-state index in [1.54, 1.807) is 0 Å². The van der Waals surface area contributed by atoms with Crippen LogP contribution in [-0.4, -0.2) is 4.98 Å². The van der Waals surface area contributed by atoms with Crippen molar-refractivity contribution in [2.75, 3.05) is 0 Å². The smallest absolute Gasteiger partial charge is 0.143 e. The van der Waals surface area contributed by atoms with Gasteiger partial charge in [0.2, 0.25) is 0 Å². The Labute approximate surface area is 219 Å². The van der Waals surface area contributed by atoms with E-state index in [1.165, 1.54) is 33.0 Å². The highest BCUT2D eigenvalue weighted by atomic mass is 16.3. The molecule has 0 unspecified atom stereocenters. The molecule has 8 rings (SSSR count). The highest BCUT2D eigenvalue weighted by molar-refractivity contribution is 6.17. The summed E-state index contributed by atoms with van der Waals surface area (Å²) in [7, 11) is 0. The van der Waals surface area contributed by atoms with Crippen LogP contribution in [0, 0.1) is 0 Å². The molecular weight excluding hydrogens is 462 g/mol. The molecule has 0 amide bonds. The zero-order chi connectivity index (χ0) is 25.1. The largest absolute Gasteiger partial charge is 0.455 e. The Bertz CT molecular complexity index is 2110. The van der Waals surface area contributed by atoms with Gasteiger partial charge in [-0.15, -0.1) is 0 Å². The van der Waals surface area contributed by atoms with Crippen molar-refractivity contribution in [3.05, 3.63) is 133 Å². The normalized spacial score (nSPS) is 11.7. The van der Waals surface area contributed by atoms with Gasteiger partial charge in [0.25, 0.3) is 0 Å². The number of benzene rings is 6. The van der Waals surface area contributed by atoms with Gasteiger partial charge in [0, 0.05) is 38.2 Å². The number of H-pyrrole nitrogens is 1. The molecule has 0 atom stereocenters. The van der Waals surface area contributed by atoms with Crippen molar-refractivity contribution < 1.29 is 4.42 Å². The first-order valence-electron chi connectivity index (χ1n) is 12.9. The lowest BCUT2D eigenvalue weighted by molar-refractivity contribution is 0.670. The van der Waals surface area contributed by atoms with E-state index < -0.39 is 0 Å². The van der Waals surface area contributed by atoms with Gasteiger partial charge in [-0.1, -0.05) is 103 Å². The van der Waals surface area contributed by atoms with Gasteiger partial charge >= 0.3 is 0 Å². The SMILES string of the molecule is c1ccc(-c2ccc3[nH]c4c(-c5cc(-c6ccccc6)cc6c5oc5ccccc56)cccc4c3c2)cc1. The number of aromatic amines is 1. The molecule has 6 aromatic carbocycles. The van der Waals surface area contributed by atoms with Gasteiger partial charge < -0.3 is 9.40 Å². The lowest BCUT2D eigenvalue weighted by Gasteiger charge is -2.09. The van der Waals surface area contributed by atoms with Crippen LogP contribution in [0.4, 0.5) is 0 Å². The summed E-state index contributed by atoms with van der Waals surface area (Å²) in [6.45, 7) is 0. The van der Waals surface area contributed by atoms with Gasteiger partial charge in [0.1, 0.15) is 11.2 Å². The molecule has 2 aromatic heterocycles. The minimum atomic E-state index is 0.908. The summed E-state index contributed by atoms with van der Waals surface area (Å²) < 4.78 is 6.51. The molecule has 0 fully saturated rings. The Hall–Kier alpha value is -5.08. The monoisotopic (exact) mass is 485 g/mol. The first-order chi connectivity index (χ1) is 18.8. The molecule has 0 saturated heterocycles. The minimum Gasteiger partial charge on any atom is -0.455 e. The molecule has 38 heavy (non-hydrogen) atoms. The van der Waals surface area contributed by atoms with E-state index in [0.717, 1.165) is 44.1 Å². The van der Waals surface area contributed by atoms with E-state index >= 15 is 0 Å². The van der Waals surface area contributed by atoms with Crippen molar-refractivity contribution >= 4 is 43.7 Å². The number of hydrogen-bond acceptors (Lipinski definition) is 1. The van der Waals surface area contributed by atoms with Crippen molar-refractivity contribution in [2.45, 2.75) is 0 Å². The number of nitrogens with one attached hydrogen (secondary N) is 1. The second-order valence-corrected chi connectivity index (χ2v) is 9.84. The van der Waals surface area contributed by atoms with Gasteiger partial charge in [-0.25, -0.2) is 0 Å². The molecule has 0 aliphatic heterocycles. The molecule has 8 aromatic rings. The number of aromatic nitrogens is 1. The predicted octanol–water partition coefficient (Wildman–Crippen LogP) is 10.2. The summed E-state index contributed by atoms with van der Waals surface area (Å²) in [6.07, 6.45) is 0. The standard InChI is InChI=1S/C36H23NO/c1-3-10-23(11-4-1)25-18-19-33-30(20-25)28-15-9-16-29(35(28)37-33)32-22-26(24-12-5-2-6-13-24)21-31-27-14-7-8-17-34(27)38-36(31)32/h1-22,37H. The Balaban J connectivity index is 1.43. The maximum absolute atomic E-state index is 6.51. The molecule has 0 radical (unpaired) electrons. The predicted molar refractivity (Wildman–Crippen MR) is 159 cm³/mol. The van der Waals surface area contributed by atoms with Crippen LogP contribution in [0.1, 0.15) is 0 Å². The lowest BCUT2D eigenvalue weighted by atomic mass is 9.94. The van der Waals surface area contributed by atoms with E-state index in [-0.39, 0.29) is 0 Å². The highest BCUT2D eigenvalue weighted by Gasteiger charge is 2.18. The third kappa shape index (κ3) is 3.21. The van der Waals surface area contributed by atoms with Crippen molar-refractivity contribution in [1.29, 1.82) is 0 Å². The van der Waals surface area contributed by atoms with E-state index in [1.807, 2.05) is 6.07 Å². The van der Waals surface area contributed by atoms with Crippen molar-refractivity contribution in [2.24, 2.45) is 0 Å². The van der Waals surface area contributed by atoms with Crippen LogP contribution in [0.3, 0.4) is 0 Å². The maximum Gasteiger partial charge on any atom is 0.143 e. The van der Waals surface area contributed by atoms with E-state index in [2.05, 4.69) is 132 Å². The lowest BCUT2D eigenvalue weighted by Crippen LogP contribution is -1.85. The van der Waals surface area contributed by atoms with E-state index in [4.69, 9.17) is 4.42 Å². The van der Waals surface area contributed by atoms with E-state index in [9.17, 15) is 0 Å². The Morgan fingerprint density at radius 2 is 1.11 bits per heavy atom. The molecule has 0 aliphatic rings. The quantitative estimate of drug-likeness (QED) is 0.265. The van der Waals surface area contributed by atoms with Crippen LogP contribution >= 0.6 is 0 Å². The zero-order valence-electron chi connectivity index (χ0n) is 20.6. The molecule has 2 heteroatoms. The fraction of sp³-hybridized carbons (Fsp3) is 0. The molecule has 178 valence electrons. The first kappa shape index (κ1) is 21.0. The number of hydrogen-bond donors (Lipinski definition) is 1. The van der Waals surface area contributed by atoms with Crippen LogP contribution < -0.4 is 0 Å². The van der Waals surface area contributed by atoms with Crippen LogP contribution in [-0.2, 0) is 0 Å². The molecule has 2 nitrogen and oxygen atoms in total. The van der Waals surface area contributed by atoms with Crippen molar-refractivity contribution in [3.63, 3.8) is 0 Å². The molecule has 0 saturated carbocycles. The fourth-order valence-corrected chi connectivity index (χ4v) is 5.78. The Morgan fingerprint density at radius 3 is 1.92 bits per heavy atom. The van der Waals surface area contributed by atoms with Gasteiger partial charge in [-0.2, -0.15) is 0 Å². The second-order valence-electron chi connectivity index (χ2n) is 9.84. The fourth-order valence-electron chi connectivity index (χ4n) is 5.78. The van der Waals surface area contributed by atoms with Crippen LogP contribution in [0.15, 0.2) is 138 Å². The molecule has 2 heterocycles. The average Bonchev–Trinajstić information content (AvgIpc) is 3.56. The molecule has 0 bridgehead atoms. The summed E-state index contributed by atoms with van der Waals surface area (Å²) in [5.41, 5.74) is 11.1. The minimum absolute atomic E-state index is 0.908. The van der Waals surface area contributed by atoms with Gasteiger partial charge in [-0.3, -0.25) is 0 Å². The van der Waals surface area contributed by atoms with Crippen LogP contribution in [0.2, 0.25) is 0 Å². The third-order valence-electron chi connectivity index (χ3n) is 7.62. The first-order valence-corrected chi connectivity index (χ1v) is 12.9. The van der Waals surface area contributed by atoms with Crippen molar-refractivity contribution in [3.8, 4) is 33.4 Å². The Kier molecular flexibility index (Phi) is 4.55. The molecule has 0 aliphatic carbocycles. The number of fused-ring (bicyclic) bond motifs is 6. The van der Waals surface area contributed by atoms with E-state index in [0.29, 0.717) is 0 Å². The summed E-state index contributed by atoms with van der Waals surface area (Å²) in [6, 6.07) is 47.2. The summed E-state index contributed by atoms with van der Waals surface area (Å²) >= 11 is 0. The second kappa shape index (κ2) is 8.22. The maximum atomic E-state index is 6.51. The molecule has 1 N–H and O–H groups in total. The summed E-state index contributed by atoms with van der Waals surface area (Å²) in [5, 5.41) is 4.71. The summed E-state index contributed by atoms with van der Waals surface area (Å²) in [4.78, 5) is 3.74. The molecule has 0 spiro atoms. The van der Waals surface area contributed by atoms with Crippen LogP contribution in [0.5, 0.6) is 0 Å². The molecular formula is C36H23NO. The number of rotatable bonds is 3. The average molecular weight is 486 g/mol. The van der Waals surface area contributed by atoms with Gasteiger partial charge in [-0.05, 0) is 52.6 Å². The number of para-hydroxylation sites is 2. The third-order valence-corrected chi connectivity index (χ3v) is 7.62.